The summed E-state index contributed by atoms with van der Waals surface area (Å²) >= 11 is 0. The van der Waals surface area contributed by atoms with Crippen LogP contribution in [0.25, 0.3) is 56.0 Å². The second kappa shape index (κ2) is 8.66. The van der Waals surface area contributed by atoms with E-state index in [2.05, 4.69) is 47.2 Å². The number of nitrogens with zero attached hydrogens (tertiary/aromatic N) is 6. The van der Waals surface area contributed by atoms with Gasteiger partial charge in [0.15, 0.2) is 0 Å². The number of rotatable bonds is 5. The number of nitrogens with one attached hydrogen (secondary N) is 2. The lowest BCUT2D eigenvalue weighted by atomic mass is 10.1. The first kappa shape index (κ1) is 20.9. The molecule has 6 aromatic rings. The average molecular weight is 473 g/mol. The minimum atomic E-state index is 0.774. The Morgan fingerprint density at radius 3 is 2.67 bits per heavy atom. The molecule has 0 atom stereocenters. The monoisotopic (exact) mass is 472 g/mol. The summed E-state index contributed by atoms with van der Waals surface area (Å²) in [5.41, 5.74) is 9.12. The van der Waals surface area contributed by atoms with Crippen molar-refractivity contribution < 1.29 is 0 Å². The third kappa shape index (κ3) is 3.72. The molecule has 36 heavy (non-hydrogen) atoms. The van der Waals surface area contributed by atoms with Crippen molar-refractivity contribution in [3.63, 3.8) is 0 Å². The highest BCUT2D eigenvalue weighted by Crippen LogP contribution is 2.32. The van der Waals surface area contributed by atoms with Gasteiger partial charge in [-0.05, 0) is 74.0 Å². The third-order valence-electron chi connectivity index (χ3n) is 6.81. The Bertz CT molecular complexity index is 1680. The normalized spacial score (nSPS) is 14.2. The van der Waals surface area contributed by atoms with Crippen LogP contribution in [-0.4, -0.2) is 53.1 Å². The zero-order valence-electron chi connectivity index (χ0n) is 19.6. The number of pyridine rings is 4. The molecule has 0 radical (unpaired) electrons. The Balaban J connectivity index is 1.28. The Morgan fingerprint density at radius 1 is 0.833 bits per heavy atom. The smallest absolute Gasteiger partial charge is 0.135 e. The van der Waals surface area contributed by atoms with Crippen LogP contribution in [0.5, 0.6) is 0 Å². The van der Waals surface area contributed by atoms with E-state index in [9.17, 15) is 0 Å². The minimum Gasteiger partial charge on any atom is -0.353 e. The Labute approximate surface area is 207 Å². The molecule has 0 unspecified atom stereocenters. The summed E-state index contributed by atoms with van der Waals surface area (Å²) in [6.45, 7) is 3.26. The first-order valence-electron chi connectivity index (χ1n) is 12.2. The van der Waals surface area contributed by atoms with Crippen LogP contribution in [0.15, 0.2) is 73.3 Å². The minimum absolute atomic E-state index is 0.774. The number of hydrogen-bond acceptors (Lipinski definition) is 6. The molecule has 7 heterocycles. The third-order valence-corrected chi connectivity index (χ3v) is 6.81. The summed E-state index contributed by atoms with van der Waals surface area (Å²) in [6, 6.07) is 16.2. The molecule has 7 rings (SSSR count). The van der Waals surface area contributed by atoms with Crippen LogP contribution in [0.1, 0.15) is 18.4 Å². The number of likely N-dealkylation sites (tertiary alicyclic amines) is 1. The van der Waals surface area contributed by atoms with Crippen LogP contribution >= 0.6 is 0 Å². The van der Waals surface area contributed by atoms with Crippen molar-refractivity contribution in [2.75, 3.05) is 13.1 Å². The first-order chi connectivity index (χ1) is 17.8. The van der Waals surface area contributed by atoms with Gasteiger partial charge in [0.05, 0.1) is 28.3 Å². The van der Waals surface area contributed by atoms with Crippen molar-refractivity contribution in [1.29, 1.82) is 0 Å². The van der Waals surface area contributed by atoms with Crippen LogP contribution in [0, 0.1) is 0 Å². The second-order valence-electron chi connectivity index (χ2n) is 9.25. The van der Waals surface area contributed by atoms with E-state index in [0.29, 0.717) is 0 Å². The van der Waals surface area contributed by atoms with Gasteiger partial charge < -0.3 is 4.98 Å². The predicted octanol–water partition coefficient (Wildman–Crippen LogP) is 5.22. The van der Waals surface area contributed by atoms with E-state index in [-0.39, 0.29) is 0 Å². The molecule has 0 amide bonds. The summed E-state index contributed by atoms with van der Waals surface area (Å²) < 4.78 is 0. The summed E-state index contributed by atoms with van der Waals surface area (Å²) in [5, 5.41) is 8.74. The van der Waals surface area contributed by atoms with Crippen LogP contribution in [0.4, 0.5) is 0 Å². The maximum absolute atomic E-state index is 5.01. The summed E-state index contributed by atoms with van der Waals surface area (Å²) in [5.74, 6) is 0. The average Bonchev–Trinajstić information content (AvgIpc) is 3.68. The molecule has 1 saturated heterocycles. The van der Waals surface area contributed by atoms with E-state index in [4.69, 9.17) is 4.98 Å². The SMILES string of the molecule is c1ccc(-c2nccc3[nH]c(-c4n[nH]c5ccc(-c6cncc(CN7CCCC7)c6)nc45)cc23)nc1. The van der Waals surface area contributed by atoms with Crippen molar-refractivity contribution >= 4 is 21.9 Å². The standard InChI is InChI=1S/C28H24N8/c1-2-9-30-23(5-1)26-20-14-25(32-22(20)8-10-31-26)28-27-24(34-35-28)7-6-21(33-27)19-13-18(15-29-16-19)17-36-11-3-4-12-36/h1-2,5-10,13-16,32H,3-4,11-12,17H2,(H,34,35). The highest BCUT2D eigenvalue weighted by atomic mass is 15.1. The maximum Gasteiger partial charge on any atom is 0.135 e. The zero-order valence-corrected chi connectivity index (χ0v) is 19.6. The lowest BCUT2D eigenvalue weighted by Gasteiger charge is -2.14. The van der Waals surface area contributed by atoms with E-state index >= 15 is 0 Å². The number of H-pyrrole nitrogens is 2. The van der Waals surface area contributed by atoms with E-state index in [1.807, 2.05) is 48.8 Å². The molecule has 8 nitrogen and oxygen atoms in total. The number of aromatic nitrogens is 7. The van der Waals surface area contributed by atoms with Crippen molar-refractivity contribution in [2.45, 2.75) is 19.4 Å². The fraction of sp³-hybridized carbons (Fsp3) is 0.179. The molecule has 0 saturated carbocycles. The summed E-state index contributed by atoms with van der Waals surface area (Å²) in [7, 11) is 0. The molecule has 1 aliphatic heterocycles. The molecular weight excluding hydrogens is 448 g/mol. The quantitative estimate of drug-likeness (QED) is 0.357. The fourth-order valence-corrected chi connectivity index (χ4v) is 5.05. The van der Waals surface area contributed by atoms with Crippen molar-refractivity contribution in [1.82, 2.24) is 40.0 Å². The predicted molar refractivity (Wildman–Crippen MR) is 140 cm³/mol. The lowest BCUT2D eigenvalue weighted by molar-refractivity contribution is 0.331. The molecule has 1 aliphatic rings. The van der Waals surface area contributed by atoms with Gasteiger partial charge in [0, 0.05) is 47.8 Å². The second-order valence-corrected chi connectivity index (χ2v) is 9.25. The molecule has 1 fully saturated rings. The maximum atomic E-state index is 5.01. The molecule has 176 valence electrons. The van der Waals surface area contributed by atoms with E-state index in [1.165, 1.54) is 18.4 Å². The highest BCUT2D eigenvalue weighted by Gasteiger charge is 2.17. The molecular formula is C28H24N8. The molecule has 0 aliphatic carbocycles. The van der Waals surface area contributed by atoms with Crippen LogP contribution in [0.3, 0.4) is 0 Å². The molecule has 0 spiro atoms. The fourth-order valence-electron chi connectivity index (χ4n) is 5.05. The van der Waals surface area contributed by atoms with Gasteiger partial charge in [-0.15, -0.1) is 0 Å². The van der Waals surface area contributed by atoms with E-state index in [0.717, 1.165) is 75.6 Å². The van der Waals surface area contributed by atoms with Gasteiger partial charge in [-0.3, -0.25) is 25.0 Å². The molecule has 0 aromatic carbocycles. The van der Waals surface area contributed by atoms with Crippen molar-refractivity contribution in [3.05, 3.63) is 78.9 Å². The van der Waals surface area contributed by atoms with Gasteiger partial charge >= 0.3 is 0 Å². The van der Waals surface area contributed by atoms with E-state index in [1.54, 1.807) is 12.4 Å². The number of fused-ring (bicyclic) bond motifs is 2. The van der Waals surface area contributed by atoms with Gasteiger partial charge in [-0.25, -0.2) is 4.98 Å². The van der Waals surface area contributed by atoms with Gasteiger partial charge in [0.25, 0.3) is 0 Å². The Hall–Kier alpha value is -4.43. The number of hydrogen-bond donors (Lipinski definition) is 2. The molecule has 8 heteroatoms. The molecule has 2 N–H and O–H groups in total. The lowest BCUT2D eigenvalue weighted by Crippen LogP contribution is -2.18. The zero-order chi connectivity index (χ0) is 23.9. The van der Waals surface area contributed by atoms with Gasteiger partial charge in [0.2, 0.25) is 0 Å². The highest BCUT2D eigenvalue weighted by molar-refractivity contribution is 5.98. The van der Waals surface area contributed by atoms with Crippen molar-refractivity contribution in [2.24, 2.45) is 0 Å². The van der Waals surface area contributed by atoms with Crippen LogP contribution in [0.2, 0.25) is 0 Å². The van der Waals surface area contributed by atoms with Crippen LogP contribution < -0.4 is 0 Å². The topological polar surface area (TPSA) is 99.3 Å². The summed E-state index contributed by atoms with van der Waals surface area (Å²) in [4.78, 5) is 24.6. The van der Waals surface area contributed by atoms with Crippen LogP contribution in [-0.2, 0) is 6.54 Å². The largest absolute Gasteiger partial charge is 0.353 e. The van der Waals surface area contributed by atoms with Gasteiger partial charge in [-0.2, -0.15) is 5.10 Å². The molecule has 6 aromatic heterocycles. The Kier molecular flexibility index (Phi) is 5.03. The summed E-state index contributed by atoms with van der Waals surface area (Å²) in [6.07, 6.45) is 9.98. The van der Waals surface area contributed by atoms with Gasteiger partial charge in [-0.1, -0.05) is 6.07 Å². The molecule has 0 bridgehead atoms. The number of aromatic amines is 2. The Morgan fingerprint density at radius 2 is 1.78 bits per heavy atom. The van der Waals surface area contributed by atoms with E-state index < -0.39 is 0 Å². The first-order valence-corrected chi connectivity index (χ1v) is 12.2. The van der Waals surface area contributed by atoms with Crippen molar-refractivity contribution in [3.8, 4) is 34.0 Å². The van der Waals surface area contributed by atoms with Gasteiger partial charge in [0.1, 0.15) is 11.2 Å².